The SMILES string of the molecule is CC1CCC(C(=O)NCC(Cl)CC(C)(C)C)O1. The topological polar surface area (TPSA) is 38.3 Å². The average molecular weight is 262 g/mol. The standard InChI is InChI=1S/C13H24ClNO2/c1-9-5-6-11(17-9)12(16)15-8-10(14)7-13(2,3)4/h9-11H,5-8H2,1-4H3,(H,15,16). The lowest BCUT2D eigenvalue weighted by Crippen LogP contribution is -2.38. The predicted molar refractivity (Wildman–Crippen MR) is 70.3 cm³/mol. The molecule has 100 valence electrons. The van der Waals surface area contributed by atoms with Gasteiger partial charge in [0, 0.05) is 6.54 Å². The Bertz CT molecular complexity index is 263. The minimum Gasteiger partial charge on any atom is -0.365 e. The van der Waals surface area contributed by atoms with E-state index in [1.807, 2.05) is 6.92 Å². The van der Waals surface area contributed by atoms with E-state index in [2.05, 4.69) is 26.1 Å². The molecule has 17 heavy (non-hydrogen) atoms. The van der Waals surface area contributed by atoms with Crippen molar-refractivity contribution in [3.63, 3.8) is 0 Å². The molecule has 1 heterocycles. The number of ether oxygens (including phenoxy) is 1. The lowest BCUT2D eigenvalue weighted by Gasteiger charge is -2.22. The maximum Gasteiger partial charge on any atom is 0.249 e. The van der Waals surface area contributed by atoms with Crippen LogP contribution in [0.3, 0.4) is 0 Å². The zero-order chi connectivity index (χ0) is 13.1. The summed E-state index contributed by atoms with van der Waals surface area (Å²) >= 11 is 6.19. The number of amides is 1. The second-order valence-corrected chi connectivity index (χ2v) is 6.74. The van der Waals surface area contributed by atoms with Crippen LogP contribution in [-0.2, 0) is 9.53 Å². The molecule has 0 bridgehead atoms. The third kappa shape index (κ3) is 5.73. The van der Waals surface area contributed by atoms with Crippen molar-refractivity contribution in [3.05, 3.63) is 0 Å². The van der Waals surface area contributed by atoms with Crippen LogP contribution in [0.15, 0.2) is 0 Å². The van der Waals surface area contributed by atoms with E-state index >= 15 is 0 Å². The normalized spacial score (nSPS) is 26.9. The summed E-state index contributed by atoms with van der Waals surface area (Å²) in [7, 11) is 0. The fourth-order valence-corrected chi connectivity index (χ4v) is 2.60. The molecule has 1 fully saturated rings. The lowest BCUT2D eigenvalue weighted by atomic mass is 9.90. The largest absolute Gasteiger partial charge is 0.365 e. The summed E-state index contributed by atoms with van der Waals surface area (Å²) in [6.07, 6.45) is 2.59. The third-order valence-corrected chi connectivity index (χ3v) is 3.16. The number of rotatable bonds is 4. The van der Waals surface area contributed by atoms with Gasteiger partial charge >= 0.3 is 0 Å². The Morgan fingerprint density at radius 3 is 2.59 bits per heavy atom. The van der Waals surface area contributed by atoms with E-state index in [0.29, 0.717) is 6.54 Å². The van der Waals surface area contributed by atoms with E-state index in [0.717, 1.165) is 19.3 Å². The van der Waals surface area contributed by atoms with E-state index in [1.54, 1.807) is 0 Å². The minimum absolute atomic E-state index is 0.0159. The van der Waals surface area contributed by atoms with Crippen LogP contribution in [0.5, 0.6) is 0 Å². The third-order valence-electron chi connectivity index (χ3n) is 2.86. The Kier molecular flexibility index (Phi) is 5.26. The first-order valence-corrected chi connectivity index (χ1v) is 6.79. The van der Waals surface area contributed by atoms with E-state index in [9.17, 15) is 4.79 Å². The number of carbonyl (C=O) groups excluding carboxylic acids is 1. The highest BCUT2D eigenvalue weighted by Gasteiger charge is 2.28. The molecule has 0 aromatic rings. The van der Waals surface area contributed by atoms with Gasteiger partial charge in [-0.15, -0.1) is 11.6 Å². The van der Waals surface area contributed by atoms with Gasteiger partial charge in [0.25, 0.3) is 0 Å². The number of hydrogen-bond acceptors (Lipinski definition) is 2. The summed E-state index contributed by atoms with van der Waals surface area (Å²) in [4.78, 5) is 11.8. The van der Waals surface area contributed by atoms with E-state index < -0.39 is 0 Å². The Morgan fingerprint density at radius 1 is 1.47 bits per heavy atom. The molecule has 0 aromatic heterocycles. The summed E-state index contributed by atoms with van der Waals surface area (Å²) in [5, 5.41) is 2.86. The van der Waals surface area contributed by atoms with E-state index in [-0.39, 0.29) is 28.9 Å². The van der Waals surface area contributed by atoms with Crippen molar-refractivity contribution in [1.29, 1.82) is 0 Å². The van der Waals surface area contributed by atoms with Crippen LogP contribution < -0.4 is 5.32 Å². The molecule has 1 amide bonds. The molecule has 1 rings (SSSR count). The minimum atomic E-state index is -0.275. The number of carbonyl (C=O) groups is 1. The molecule has 0 aliphatic carbocycles. The summed E-state index contributed by atoms with van der Waals surface area (Å²) < 4.78 is 5.50. The van der Waals surface area contributed by atoms with Gasteiger partial charge < -0.3 is 10.1 Å². The van der Waals surface area contributed by atoms with Crippen molar-refractivity contribution in [2.24, 2.45) is 5.41 Å². The van der Waals surface area contributed by atoms with Gasteiger partial charge in [-0.25, -0.2) is 0 Å². The second-order valence-electron chi connectivity index (χ2n) is 6.12. The fourth-order valence-electron chi connectivity index (χ4n) is 2.06. The van der Waals surface area contributed by atoms with Crippen molar-refractivity contribution in [1.82, 2.24) is 5.32 Å². The molecule has 0 saturated carbocycles. The molecule has 1 aliphatic rings. The average Bonchev–Trinajstić information content (AvgIpc) is 2.58. The number of halogens is 1. The molecule has 1 aliphatic heterocycles. The summed E-state index contributed by atoms with van der Waals surface area (Å²) in [6.45, 7) is 8.95. The molecule has 3 nitrogen and oxygen atoms in total. The van der Waals surface area contributed by atoms with Crippen LogP contribution in [0.4, 0.5) is 0 Å². The van der Waals surface area contributed by atoms with Gasteiger partial charge in [-0.1, -0.05) is 20.8 Å². The molecule has 3 atom stereocenters. The van der Waals surface area contributed by atoms with Crippen molar-refractivity contribution in [3.8, 4) is 0 Å². The van der Waals surface area contributed by atoms with Gasteiger partial charge in [0.15, 0.2) is 0 Å². The maximum atomic E-state index is 11.8. The molecule has 1 N–H and O–H groups in total. The molecule has 1 saturated heterocycles. The molecule has 0 aromatic carbocycles. The molecular formula is C13H24ClNO2. The van der Waals surface area contributed by atoms with Crippen molar-refractivity contribution in [2.75, 3.05) is 6.54 Å². The molecule has 0 spiro atoms. The van der Waals surface area contributed by atoms with Gasteiger partial charge in [-0.2, -0.15) is 0 Å². The Morgan fingerprint density at radius 2 is 2.12 bits per heavy atom. The lowest BCUT2D eigenvalue weighted by molar-refractivity contribution is -0.131. The van der Waals surface area contributed by atoms with Gasteiger partial charge in [0.1, 0.15) is 6.10 Å². The van der Waals surface area contributed by atoms with Crippen LogP contribution in [0.1, 0.15) is 47.0 Å². The van der Waals surface area contributed by atoms with Crippen LogP contribution in [0.25, 0.3) is 0 Å². The fraction of sp³-hybridized carbons (Fsp3) is 0.923. The highest BCUT2D eigenvalue weighted by molar-refractivity contribution is 6.20. The first-order chi connectivity index (χ1) is 7.78. The van der Waals surface area contributed by atoms with Crippen molar-refractivity contribution in [2.45, 2.75) is 64.5 Å². The van der Waals surface area contributed by atoms with Gasteiger partial charge in [0.2, 0.25) is 5.91 Å². The smallest absolute Gasteiger partial charge is 0.249 e. The predicted octanol–water partition coefficient (Wildman–Crippen LogP) is 2.71. The zero-order valence-corrected chi connectivity index (χ0v) is 12.0. The number of nitrogens with one attached hydrogen (secondary N) is 1. The van der Waals surface area contributed by atoms with E-state index in [4.69, 9.17) is 16.3 Å². The first-order valence-electron chi connectivity index (χ1n) is 6.35. The van der Waals surface area contributed by atoms with Gasteiger partial charge in [-0.05, 0) is 31.6 Å². The van der Waals surface area contributed by atoms with Gasteiger partial charge in [0.05, 0.1) is 11.5 Å². The number of alkyl halides is 1. The molecule has 0 radical (unpaired) electrons. The second kappa shape index (κ2) is 6.05. The van der Waals surface area contributed by atoms with Gasteiger partial charge in [-0.3, -0.25) is 4.79 Å². The van der Waals surface area contributed by atoms with E-state index in [1.165, 1.54) is 0 Å². The highest BCUT2D eigenvalue weighted by atomic mass is 35.5. The first kappa shape index (κ1) is 14.8. The van der Waals surface area contributed by atoms with Crippen LogP contribution in [-0.4, -0.2) is 30.0 Å². The van der Waals surface area contributed by atoms with Crippen LogP contribution >= 0.6 is 11.6 Å². The Labute approximate surface area is 109 Å². The monoisotopic (exact) mass is 261 g/mol. The highest BCUT2D eigenvalue weighted by Crippen LogP contribution is 2.23. The van der Waals surface area contributed by atoms with Crippen LogP contribution in [0.2, 0.25) is 0 Å². The Hall–Kier alpha value is -0.280. The summed E-state index contributed by atoms with van der Waals surface area (Å²) in [6, 6.07) is 0. The molecule has 4 heteroatoms. The summed E-state index contributed by atoms with van der Waals surface area (Å²) in [5.41, 5.74) is 0.190. The van der Waals surface area contributed by atoms with Crippen LogP contribution in [0, 0.1) is 5.41 Å². The number of hydrogen-bond donors (Lipinski definition) is 1. The summed E-state index contributed by atoms with van der Waals surface area (Å²) in [5.74, 6) is -0.0195. The zero-order valence-electron chi connectivity index (χ0n) is 11.3. The van der Waals surface area contributed by atoms with Crippen molar-refractivity contribution >= 4 is 17.5 Å². The molecule has 3 unspecified atom stereocenters. The quantitative estimate of drug-likeness (QED) is 0.791. The molecular weight excluding hydrogens is 238 g/mol. The maximum absolute atomic E-state index is 11.8. The van der Waals surface area contributed by atoms with Crippen molar-refractivity contribution < 1.29 is 9.53 Å². The Balaban J connectivity index is 2.24.